The van der Waals surface area contributed by atoms with E-state index in [9.17, 15) is 0 Å². The van der Waals surface area contributed by atoms with Crippen molar-refractivity contribution in [2.45, 2.75) is 64.1 Å². The highest BCUT2D eigenvalue weighted by atomic mass is 16.5. The molecule has 0 aromatic rings. The number of piperidine rings is 1. The molecule has 3 saturated heterocycles. The van der Waals surface area contributed by atoms with Gasteiger partial charge in [-0.15, -0.1) is 0 Å². The Hall–Kier alpha value is -0.120. The van der Waals surface area contributed by atoms with Crippen LogP contribution in [-0.2, 0) is 4.74 Å². The first-order chi connectivity index (χ1) is 9.29. The third-order valence-corrected chi connectivity index (χ3v) is 5.73. The van der Waals surface area contributed by atoms with Crippen molar-refractivity contribution in [2.75, 3.05) is 32.8 Å². The number of hydrogen-bond donors (Lipinski definition) is 0. The van der Waals surface area contributed by atoms with Crippen molar-refractivity contribution in [2.24, 2.45) is 5.92 Å². The molecular formula is C16H30N2O. The van der Waals surface area contributed by atoms with Gasteiger partial charge in [0.05, 0.1) is 6.61 Å². The molecule has 0 N–H and O–H groups in total. The molecule has 110 valence electrons. The molecule has 3 fully saturated rings. The van der Waals surface area contributed by atoms with E-state index in [4.69, 9.17) is 4.74 Å². The lowest BCUT2D eigenvalue weighted by Gasteiger charge is -2.51. The molecule has 0 saturated carbocycles. The van der Waals surface area contributed by atoms with Gasteiger partial charge in [-0.05, 0) is 45.1 Å². The minimum Gasteiger partial charge on any atom is -0.381 e. The molecule has 3 heteroatoms. The maximum Gasteiger partial charge on any atom is 0.0509 e. The molecule has 0 radical (unpaired) electrons. The van der Waals surface area contributed by atoms with Crippen molar-refractivity contribution in [1.29, 1.82) is 0 Å². The lowest BCUT2D eigenvalue weighted by atomic mass is 9.91. The van der Waals surface area contributed by atoms with Crippen LogP contribution >= 0.6 is 0 Å². The summed E-state index contributed by atoms with van der Waals surface area (Å²) >= 11 is 0. The first kappa shape index (κ1) is 13.8. The highest BCUT2D eigenvalue weighted by Gasteiger charge is 2.38. The summed E-state index contributed by atoms with van der Waals surface area (Å²) in [6, 6.07) is 2.31. The van der Waals surface area contributed by atoms with Gasteiger partial charge in [-0.2, -0.15) is 0 Å². The Morgan fingerprint density at radius 2 is 2.11 bits per heavy atom. The van der Waals surface area contributed by atoms with Gasteiger partial charge in [-0.1, -0.05) is 13.3 Å². The zero-order valence-electron chi connectivity index (χ0n) is 12.7. The van der Waals surface area contributed by atoms with Gasteiger partial charge in [0.15, 0.2) is 0 Å². The molecule has 3 aliphatic rings. The van der Waals surface area contributed by atoms with Crippen LogP contribution in [0.2, 0.25) is 0 Å². The van der Waals surface area contributed by atoms with Gasteiger partial charge >= 0.3 is 0 Å². The van der Waals surface area contributed by atoms with E-state index in [-0.39, 0.29) is 0 Å². The Kier molecular flexibility index (Phi) is 4.45. The number of piperazine rings is 1. The van der Waals surface area contributed by atoms with Gasteiger partial charge in [-0.25, -0.2) is 0 Å². The second-order valence-corrected chi connectivity index (χ2v) is 6.77. The molecule has 19 heavy (non-hydrogen) atoms. The molecule has 3 aliphatic heterocycles. The smallest absolute Gasteiger partial charge is 0.0509 e. The number of rotatable bonds is 3. The zero-order valence-corrected chi connectivity index (χ0v) is 12.7. The van der Waals surface area contributed by atoms with E-state index in [1.807, 2.05) is 0 Å². The Morgan fingerprint density at radius 1 is 1.21 bits per heavy atom. The fraction of sp³-hybridized carbons (Fsp3) is 1.00. The molecule has 0 amide bonds. The Balaban J connectivity index is 1.67. The SMILES string of the molecule is CCC1CN2CCCCC2CN1C(C)C1CCOC1. The van der Waals surface area contributed by atoms with Gasteiger partial charge in [-0.3, -0.25) is 9.80 Å². The summed E-state index contributed by atoms with van der Waals surface area (Å²) in [4.78, 5) is 5.60. The van der Waals surface area contributed by atoms with Crippen molar-refractivity contribution in [1.82, 2.24) is 9.80 Å². The molecule has 3 heterocycles. The molecule has 3 nitrogen and oxygen atoms in total. The van der Waals surface area contributed by atoms with Crippen LogP contribution in [0.15, 0.2) is 0 Å². The summed E-state index contributed by atoms with van der Waals surface area (Å²) in [6.07, 6.45) is 6.83. The monoisotopic (exact) mass is 266 g/mol. The lowest BCUT2D eigenvalue weighted by Crippen LogP contribution is -2.62. The normalized spacial score (nSPS) is 39.2. The molecule has 0 aromatic carbocycles. The number of nitrogens with zero attached hydrogens (tertiary/aromatic N) is 2. The summed E-state index contributed by atoms with van der Waals surface area (Å²) in [7, 11) is 0. The maximum absolute atomic E-state index is 5.61. The quantitative estimate of drug-likeness (QED) is 0.780. The largest absolute Gasteiger partial charge is 0.381 e. The van der Waals surface area contributed by atoms with Gasteiger partial charge < -0.3 is 4.74 Å². The van der Waals surface area contributed by atoms with Crippen molar-refractivity contribution >= 4 is 0 Å². The molecule has 0 aliphatic carbocycles. The second kappa shape index (κ2) is 6.11. The third kappa shape index (κ3) is 2.84. The molecule has 0 spiro atoms. The highest BCUT2D eigenvalue weighted by Crippen LogP contribution is 2.30. The second-order valence-electron chi connectivity index (χ2n) is 6.77. The molecule has 0 bridgehead atoms. The summed E-state index contributed by atoms with van der Waals surface area (Å²) in [5.41, 5.74) is 0. The highest BCUT2D eigenvalue weighted by molar-refractivity contribution is 4.94. The summed E-state index contributed by atoms with van der Waals surface area (Å²) < 4.78 is 5.61. The summed E-state index contributed by atoms with van der Waals surface area (Å²) in [5.74, 6) is 0.768. The van der Waals surface area contributed by atoms with E-state index in [2.05, 4.69) is 23.6 Å². The van der Waals surface area contributed by atoms with E-state index >= 15 is 0 Å². The van der Waals surface area contributed by atoms with Crippen molar-refractivity contribution in [3.05, 3.63) is 0 Å². The number of fused-ring (bicyclic) bond motifs is 1. The average Bonchev–Trinajstić information content (AvgIpc) is 2.99. The number of hydrogen-bond acceptors (Lipinski definition) is 3. The fourth-order valence-corrected chi connectivity index (χ4v) is 4.34. The van der Waals surface area contributed by atoms with Gasteiger partial charge in [0, 0.05) is 37.8 Å². The first-order valence-electron chi connectivity index (χ1n) is 8.37. The standard InChI is InChI=1S/C16H30N2O/c1-3-15-10-17-8-5-4-6-16(17)11-18(15)13(2)14-7-9-19-12-14/h13-16H,3-12H2,1-2H3. The van der Waals surface area contributed by atoms with E-state index in [1.54, 1.807) is 0 Å². The van der Waals surface area contributed by atoms with Crippen LogP contribution in [0, 0.1) is 5.92 Å². The first-order valence-corrected chi connectivity index (χ1v) is 8.37. The Labute approximate surface area is 118 Å². The molecule has 0 aromatic heterocycles. The molecular weight excluding hydrogens is 236 g/mol. The Morgan fingerprint density at radius 3 is 2.84 bits per heavy atom. The van der Waals surface area contributed by atoms with Crippen LogP contribution in [0.25, 0.3) is 0 Å². The van der Waals surface area contributed by atoms with Crippen molar-refractivity contribution < 1.29 is 4.74 Å². The lowest BCUT2D eigenvalue weighted by molar-refractivity contribution is -0.0253. The topological polar surface area (TPSA) is 15.7 Å². The van der Waals surface area contributed by atoms with E-state index in [1.165, 1.54) is 51.7 Å². The van der Waals surface area contributed by atoms with E-state index < -0.39 is 0 Å². The van der Waals surface area contributed by atoms with Crippen LogP contribution in [0.3, 0.4) is 0 Å². The molecule has 4 unspecified atom stereocenters. The third-order valence-electron chi connectivity index (χ3n) is 5.73. The average molecular weight is 266 g/mol. The number of ether oxygens (including phenoxy) is 1. The minimum absolute atomic E-state index is 0.705. The van der Waals surface area contributed by atoms with Crippen molar-refractivity contribution in [3.8, 4) is 0 Å². The van der Waals surface area contributed by atoms with E-state index in [0.717, 1.165) is 31.2 Å². The van der Waals surface area contributed by atoms with Crippen molar-refractivity contribution in [3.63, 3.8) is 0 Å². The predicted molar refractivity (Wildman–Crippen MR) is 78.4 cm³/mol. The minimum atomic E-state index is 0.705. The van der Waals surface area contributed by atoms with Gasteiger partial charge in [0.1, 0.15) is 0 Å². The van der Waals surface area contributed by atoms with Crippen LogP contribution in [-0.4, -0.2) is 60.8 Å². The van der Waals surface area contributed by atoms with Crippen LogP contribution in [0.5, 0.6) is 0 Å². The molecule has 3 rings (SSSR count). The summed E-state index contributed by atoms with van der Waals surface area (Å²) in [6.45, 7) is 10.7. The fourth-order valence-electron chi connectivity index (χ4n) is 4.34. The van der Waals surface area contributed by atoms with Crippen LogP contribution in [0.1, 0.15) is 46.0 Å². The predicted octanol–water partition coefficient (Wildman–Crippen LogP) is 2.36. The van der Waals surface area contributed by atoms with Crippen LogP contribution in [0.4, 0.5) is 0 Å². The maximum atomic E-state index is 5.61. The molecule has 4 atom stereocenters. The Bertz CT molecular complexity index is 290. The van der Waals surface area contributed by atoms with Crippen LogP contribution < -0.4 is 0 Å². The van der Waals surface area contributed by atoms with Gasteiger partial charge in [0.2, 0.25) is 0 Å². The summed E-state index contributed by atoms with van der Waals surface area (Å²) in [5, 5.41) is 0. The van der Waals surface area contributed by atoms with E-state index in [0.29, 0.717) is 6.04 Å². The zero-order chi connectivity index (χ0) is 13.2. The van der Waals surface area contributed by atoms with Gasteiger partial charge in [0.25, 0.3) is 0 Å².